The fraction of sp³-hybridized carbons (Fsp3) is 0.800. The lowest BCUT2D eigenvalue weighted by molar-refractivity contribution is 0.465. The van der Waals surface area contributed by atoms with Crippen molar-refractivity contribution in [3.63, 3.8) is 0 Å². The van der Waals surface area contributed by atoms with Crippen molar-refractivity contribution in [2.75, 3.05) is 0 Å². The van der Waals surface area contributed by atoms with Crippen LogP contribution >= 0.6 is 0 Å². The van der Waals surface area contributed by atoms with E-state index in [0.717, 1.165) is 19.3 Å². The summed E-state index contributed by atoms with van der Waals surface area (Å²) in [5.74, 6) is 1.43. The number of nitrogens with zero attached hydrogens (tertiary/aromatic N) is 1. The summed E-state index contributed by atoms with van der Waals surface area (Å²) < 4.78 is 0. The molecule has 0 aliphatic rings. The maximum Gasteiger partial charge on any atom is 0.122 e. The zero-order valence-corrected chi connectivity index (χ0v) is 8.43. The molecule has 0 rings (SSSR count). The second-order valence-electron chi connectivity index (χ2n) is 3.66. The van der Waals surface area contributed by atoms with Gasteiger partial charge in [-0.2, -0.15) is 0 Å². The minimum atomic E-state index is 0.326. The van der Waals surface area contributed by atoms with Gasteiger partial charge < -0.3 is 0 Å². The predicted octanol–water partition coefficient (Wildman–Crippen LogP) is 3.13. The molecule has 0 fully saturated rings. The van der Waals surface area contributed by atoms with Crippen molar-refractivity contribution in [1.29, 1.82) is 5.41 Å². The Kier molecular flexibility index (Phi) is 5.60. The van der Waals surface area contributed by atoms with Gasteiger partial charge in [0.2, 0.25) is 0 Å². The molecule has 0 saturated heterocycles. The molecule has 0 spiro atoms. The molecule has 0 aliphatic carbocycles. The Labute approximate surface area is 75.6 Å². The van der Waals surface area contributed by atoms with E-state index in [4.69, 9.17) is 5.41 Å². The summed E-state index contributed by atoms with van der Waals surface area (Å²) in [6.07, 6.45) is 3.25. The number of aliphatic imine (C=N–C) groups is 1. The van der Waals surface area contributed by atoms with Gasteiger partial charge in [-0.15, -0.1) is 0 Å². The molecule has 0 aromatic rings. The van der Waals surface area contributed by atoms with E-state index >= 15 is 0 Å². The van der Waals surface area contributed by atoms with Crippen molar-refractivity contribution >= 4 is 12.6 Å². The third-order valence-electron chi connectivity index (χ3n) is 1.95. The van der Waals surface area contributed by atoms with Gasteiger partial charge in [0.1, 0.15) is 5.84 Å². The van der Waals surface area contributed by atoms with E-state index in [1.807, 2.05) is 0 Å². The molecular formula is C10H20N2. The van der Waals surface area contributed by atoms with Crippen molar-refractivity contribution in [2.24, 2.45) is 16.8 Å². The van der Waals surface area contributed by atoms with Gasteiger partial charge in [-0.25, -0.2) is 4.99 Å². The number of rotatable bonds is 5. The van der Waals surface area contributed by atoms with Gasteiger partial charge in [-0.3, -0.25) is 5.41 Å². The topological polar surface area (TPSA) is 36.2 Å². The van der Waals surface area contributed by atoms with E-state index < -0.39 is 0 Å². The molecule has 70 valence electrons. The second kappa shape index (κ2) is 5.92. The van der Waals surface area contributed by atoms with E-state index in [1.54, 1.807) is 0 Å². The Bertz CT molecular complexity index is 150. The fourth-order valence-corrected chi connectivity index (χ4v) is 1.41. The third kappa shape index (κ3) is 4.27. The first-order valence-corrected chi connectivity index (χ1v) is 4.67. The highest BCUT2D eigenvalue weighted by Crippen LogP contribution is 2.18. The van der Waals surface area contributed by atoms with Crippen LogP contribution in [0.1, 0.15) is 40.0 Å². The predicted molar refractivity (Wildman–Crippen MR) is 55.1 cm³/mol. The first-order chi connectivity index (χ1) is 5.61. The number of hydrogen-bond acceptors (Lipinski definition) is 1. The van der Waals surface area contributed by atoms with Gasteiger partial charge in [-0.05, 0) is 25.5 Å². The third-order valence-corrected chi connectivity index (χ3v) is 1.95. The summed E-state index contributed by atoms with van der Waals surface area (Å²) in [6, 6.07) is 0. The van der Waals surface area contributed by atoms with Crippen LogP contribution in [0.4, 0.5) is 0 Å². The van der Waals surface area contributed by atoms with Crippen LogP contribution in [0.25, 0.3) is 0 Å². The monoisotopic (exact) mass is 168 g/mol. The van der Waals surface area contributed by atoms with Crippen LogP contribution in [0.3, 0.4) is 0 Å². The molecule has 1 N–H and O–H groups in total. The lowest BCUT2D eigenvalue weighted by Crippen LogP contribution is -2.13. The van der Waals surface area contributed by atoms with Crippen molar-refractivity contribution in [3.8, 4) is 0 Å². The molecule has 0 amide bonds. The fourth-order valence-electron chi connectivity index (χ4n) is 1.41. The molecule has 1 unspecified atom stereocenters. The summed E-state index contributed by atoms with van der Waals surface area (Å²) in [7, 11) is 0. The quantitative estimate of drug-likeness (QED) is 0.483. The van der Waals surface area contributed by atoms with E-state index in [1.165, 1.54) is 0 Å². The number of nitrogens with one attached hydrogen (secondary N) is 1. The molecule has 0 radical (unpaired) electrons. The molecule has 2 heteroatoms. The number of amidine groups is 1. The maximum absolute atomic E-state index is 7.56. The zero-order valence-electron chi connectivity index (χ0n) is 8.43. The van der Waals surface area contributed by atoms with E-state index in [2.05, 4.69) is 32.5 Å². The van der Waals surface area contributed by atoms with Crippen LogP contribution in [0, 0.1) is 17.2 Å². The van der Waals surface area contributed by atoms with Crippen LogP contribution in [-0.2, 0) is 0 Å². The summed E-state index contributed by atoms with van der Waals surface area (Å²) in [5, 5.41) is 7.56. The maximum atomic E-state index is 7.56. The first kappa shape index (κ1) is 11.3. The Morgan fingerprint density at radius 1 is 1.50 bits per heavy atom. The molecular weight excluding hydrogens is 148 g/mol. The lowest BCUT2D eigenvalue weighted by Gasteiger charge is -2.16. The standard InChI is InChI=1S/C10H20N2/c1-5-6-9(7-8(2)3)10(11)12-4/h8-9,11H,4-7H2,1-3H3. The van der Waals surface area contributed by atoms with Gasteiger partial charge in [-0.1, -0.05) is 27.2 Å². The van der Waals surface area contributed by atoms with E-state index in [9.17, 15) is 0 Å². The zero-order chi connectivity index (χ0) is 9.56. The molecule has 2 nitrogen and oxygen atoms in total. The summed E-state index contributed by atoms with van der Waals surface area (Å²) in [5.41, 5.74) is 0. The molecule has 0 aromatic heterocycles. The van der Waals surface area contributed by atoms with Crippen LogP contribution in [0.2, 0.25) is 0 Å². The highest BCUT2D eigenvalue weighted by Gasteiger charge is 2.13. The lowest BCUT2D eigenvalue weighted by atomic mass is 9.92. The van der Waals surface area contributed by atoms with Crippen LogP contribution in [0.15, 0.2) is 4.99 Å². The molecule has 0 heterocycles. The van der Waals surface area contributed by atoms with Gasteiger partial charge in [0, 0.05) is 5.92 Å². The van der Waals surface area contributed by atoms with Crippen molar-refractivity contribution in [2.45, 2.75) is 40.0 Å². The SMILES string of the molecule is C=NC(=N)C(CCC)CC(C)C. The minimum Gasteiger partial charge on any atom is -0.286 e. The van der Waals surface area contributed by atoms with Gasteiger partial charge >= 0.3 is 0 Å². The van der Waals surface area contributed by atoms with Crippen molar-refractivity contribution < 1.29 is 0 Å². The molecule has 0 aromatic carbocycles. The average molecular weight is 168 g/mol. The summed E-state index contributed by atoms with van der Waals surface area (Å²) in [6.45, 7) is 9.90. The molecule has 0 saturated carbocycles. The molecule has 1 atom stereocenters. The molecule has 12 heavy (non-hydrogen) atoms. The van der Waals surface area contributed by atoms with Crippen LogP contribution in [0.5, 0.6) is 0 Å². The highest BCUT2D eigenvalue weighted by molar-refractivity contribution is 5.85. The Morgan fingerprint density at radius 3 is 2.42 bits per heavy atom. The Hall–Kier alpha value is -0.660. The van der Waals surface area contributed by atoms with Crippen LogP contribution < -0.4 is 0 Å². The molecule has 0 bridgehead atoms. The highest BCUT2D eigenvalue weighted by atomic mass is 14.8. The van der Waals surface area contributed by atoms with Crippen LogP contribution in [-0.4, -0.2) is 12.6 Å². The average Bonchev–Trinajstić information content (AvgIpc) is 2.01. The summed E-state index contributed by atoms with van der Waals surface area (Å²) in [4.78, 5) is 3.69. The second-order valence-corrected chi connectivity index (χ2v) is 3.66. The van der Waals surface area contributed by atoms with E-state index in [0.29, 0.717) is 17.7 Å². The number of hydrogen-bond donors (Lipinski definition) is 1. The summed E-state index contributed by atoms with van der Waals surface area (Å²) >= 11 is 0. The van der Waals surface area contributed by atoms with Gasteiger partial charge in [0.05, 0.1) is 0 Å². The first-order valence-electron chi connectivity index (χ1n) is 4.67. The smallest absolute Gasteiger partial charge is 0.122 e. The van der Waals surface area contributed by atoms with Gasteiger partial charge in [0.15, 0.2) is 0 Å². The van der Waals surface area contributed by atoms with Crippen molar-refractivity contribution in [3.05, 3.63) is 0 Å². The molecule has 0 aliphatic heterocycles. The van der Waals surface area contributed by atoms with Gasteiger partial charge in [0.25, 0.3) is 0 Å². The Morgan fingerprint density at radius 2 is 2.08 bits per heavy atom. The largest absolute Gasteiger partial charge is 0.286 e. The van der Waals surface area contributed by atoms with E-state index in [-0.39, 0.29) is 0 Å². The minimum absolute atomic E-state index is 0.326. The normalized spacial score (nSPS) is 13.0. The Balaban J connectivity index is 4.02. The van der Waals surface area contributed by atoms with Crippen molar-refractivity contribution in [1.82, 2.24) is 0 Å².